The molecule has 168 valence electrons. The van der Waals surface area contributed by atoms with Gasteiger partial charge in [-0.15, -0.1) is 0 Å². The lowest BCUT2D eigenvalue weighted by Gasteiger charge is -2.58. The van der Waals surface area contributed by atoms with Gasteiger partial charge in [0.25, 0.3) is 0 Å². The molecule has 6 rings (SSSR count). The van der Waals surface area contributed by atoms with Gasteiger partial charge in [0.05, 0.1) is 12.2 Å². The molecule has 2 saturated heterocycles. The number of nitrogens with one attached hydrogen (secondary N) is 1. The molecular weight excluding hydrogens is 370 g/mol. The van der Waals surface area contributed by atoms with Gasteiger partial charge in [-0.05, 0) is 98.2 Å². The van der Waals surface area contributed by atoms with Crippen molar-refractivity contribution < 1.29 is 9.84 Å². The van der Waals surface area contributed by atoms with Crippen LogP contribution in [0.3, 0.4) is 0 Å². The lowest BCUT2D eigenvalue weighted by Crippen LogP contribution is -2.57. The quantitative estimate of drug-likeness (QED) is 0.530. The maximum atomic E-state index is 10.3. The second kappa shape index (κ2) is 6.58. The molecule has 0 radical (unpaired) electrons. The Labute approximate surface area is 183 Å². The fourth-order valence-electron chi connectivity index (χ4n) is 9.84. The molecule has 0 aromatic carbocycles. The van der Waals surface area contributed by atoms with E-state index in [1.165, 1.54) is 44.9 Å². The molecule has 2 aliphatic heterocycles. The van der Waals surface area contributed by atoms with Crippen LogP contribution in [0.2, 0.25) is 0 Å². The number of aliphatic hydroxyl groups is 1. The van der Waals surface area contributed by atoms with Gasteiger partial charge in [0.1, 0.15) is 5.72 Å². The minimum atomic E-state index is -0.100. The molecule has 11 atom stereocenters. The first kappa shape index (κ1) is 20.2. The Hall–Kier alpha value is -0.380. The summed E-state index contributed by atoms with van der Waals surface area (Å²) < 4.78 is 7.00. The summed E-state index contributed by atoms with van der Waals surface area (Å²) >= 11 is 0. The Balaban J connectivity index is 1.28. The Kier molecular flexibility index (Phi) is 4.44. The predicted octanol–water partition coefficient (Wildman–Crippen LogP) is 5.29. The fourth-order valence-corrected chi connectivity index (χ4v) is 9.84. The number of rotatable bonds is 0. The third kappa shape index (κ3) is 2.55. The standard InChI is InChI=1S/C27H43NO2/c1-16-7-12-27(28-15-16)17(2)24-23(30-27)14-22-20-6-5-18-13-19(29)8-10-25(18,3)21(20)9-11-26(22,24)4/h5,16-17,19-24,28-29H,6-15H2,1-4H3/t16-,17-,19-,20-,21+,22-,23-,24-,25-,26-,27-/m0/s1. The summed E-state index contributed by atoms with van der Waals surface area (Å²) in [5, 5.41) is 14.1. The van der Waals surface area contributed by atoms with Gasteiger partial charge >= 0.3 is 0 Å². The van der Waals surface area contributed by atoms with Gasteiger partial charge in [-0.2, -0.15) is 0 Å². The first-order chi connectivity index (χ1) is 14.3. The number of piperidine rings is 1. The van der Waals surface area contributed by atoms with Gasteiger partial charge in [-0.1, -0.05) is 39.3 Å². The smallest absolute Gasteiger partial charge is 0.122 e. The van der Waals surface area contributed by atoms with Crippen molar-refractivity contribution in [2.75, 3.05) is 6.54 Å². The van der Waals surface area contributed by atoms with Crippen LogP contribution >= 0.6 is 0 Å². The molecule has 0 aromatic heterocycles. The van der Waals surface area contributed by atoms with Gasteiger partial charge in [-0.3, -0.25) is 5.32 Å². The summed E-state index contributed by atoms with van der Waals surface area (Å²) in [6.45, 7) is 11.2. The summed E-state index contributed by atoms with van der Waals surface area (Å²) in [4.78, 5) is 0. The van der Waals surface area contributed by atoms with Gasteiger partial charge < -0.3 is 9.84 Å². The number of ether oxygens (including phenoxy) is 1. The molecule has 1 spiro atoms. The van der Waals surface area contributed by atoms with Crippen molar-refractivity contribution in [1.82, 2.24) is 5.32 Å². The second-order valence-electron chi connectivity index (χ2n) is 12.8. The van der Waals surface area contributed by atoms with Crippen molar-refractivity contribution in [3.05, 3.63) is 11.6 Å². The summed E-state index contributed by atoms with van der Waals surface area (Å²) in [5.74, 6) is 4.58. The summed E-state index contributed by atoms with van der Waals surface area (Å²) in [6.07, 6.45) is 13.8. The van der Waals surface area contributed by atoms with E-state index in [2.05, 4.69) is 39.1 Å². The molecule has 0 bridgehead atoms. The van der Waals surface area contributed by atoms with E-state index in [0.29, 0.717) is 22.9 Å². The highest BCUT2D eigenvalue weighted by Gasteiger charge is 2.68. The minimum absolute atomic E-state index is 0.0439. The van der Waals surface area contributed by atoms with Crippen LogP contribution in [0, 0.1) is 46.3 Å². The topological polar surface area (TPSA) is 41.5 Å². The van der Waals surface area contributed by atoms with Crippen LogP contribution < -0.4 is 5.32 Å². The normalized spacial score (nSPS) is 59.8. The molecule has 0 unspecified atom stereocenters. The van der Waals surface area contributed by atoms with Gasteiger partial charge in [0.2, 0.25) is 0 Å². The van der Waals surface area contributed by atoms with Gasteiger partial charge in [0, 0.05) is 12.5 Å². The van der Waals surface area contributed by atoms with Crippen LogP contribution in [0.5, 0.6) is 0 Å². The lowest BCUT2D eigenvalue weighted by molar-refractivity contribution is -0.115. The second-order valence-corrected chi connectivity index (χ2v) is 12.8. The number of hydrogen-bond acceptors (Lipinski definition) is 3. The molecule has 6 aliphatic rings. The molecule has 3 nitrogen and oxygen atoms in total. The largest absolute Gasteiger partial charge is 0.393 e. The molecule has 30 heavy (non-hydrogen) atoms. The van der Waals surface area contributed by atoms with Crippen molar-refractivity contribution in [2.24, 2.45) is 46.3 Å². The first-order valence-electron chi connectivity index (χ1n) is 13.1. The number of allylic oxidation sites excluding steroid dienone is 1. The zero-order valence-corrected chi connectivity index (χ0v) is 19.6. The maximum Gasteiger partial charge on any atom is 0.122 e. The van der Waals surface area contributed by atoms with Crippen LogP contribution in [-0.4, -0.2) is 29.6 Å². The lowest BCUT2D eigenvalue weighted by atomic mass is 9.47. The van der Waals surface area contributed by atoms with E-state index in [0.717, 1.165) is 49.0 Å². The predicted molar refractivity (Wildman–Crippen MR) is 120 cm³/mol. The number of aliphatic hydroxyl groups excluding tert-OH is 1. The number of fused-ring (bicyclic) bond motifs is 7. The Morgan fingerprint density at radius 2 is 1.90 bits per heavy atom. The maximum absolute atomic E-state index is 10.3. The fraction of sp³-hybridized carbons (Fsp3) is 0.926. The third-order valence-corrected chi connectivity index (χ3v) is 11.6. The molecular formula is C27H43NO2. The molecule has 5 fully saturated rings. The van der Waals surface area contributed by atoms with E-state index < -0.39 is 0 Å². The summed E-state index contributed by atoms with van der Waals surface area (Å²) in [5.41, 5.74) is 2.33. The molecule has 2 N–H and O–H groups in total. The number of hydrogen-bond donors (Lipinski definition) is 2. The first-order valence-corrected chi connectivity index (χ1v) is 13.1. The highest BCUT2D eigenvalue weighted by atomic mass is 16.5. The van der Waals surface area contributed by atoms with E-state index in [1.807, 2.05) is 0 Å². The van der Waals surface area contributed by atoms with Crippen LogP contribution in [0.15, 0.2) is 11.6 Å². The van der Waals surface area contributed by atoms with Gasteiger partial charge in [0.15, 0.2) is 0 Å². The monoisotopic (exact) mass is 413 g/mol. The van der Waals surface area contributed by atoms with Crippen molar-refractivity contribution in [1.29, 1.82) is 0 Å². The van der Waals surface area contributed by atoms with Crippen LogP contribution in [0.4, 0.5) is 0 Å². The van der Waals surface area contributed by atoms with Crippen molar-refractivity contribution in [3.8, 4) is 0 Å². The van der Waals surface area contributed by atoms with E-state index in [4.69, 9.17) is 4.74 Å². The van der Waals surface area contributed by atoms with E-state index in [1.54, 1.807) is 5.57 Å². The van der Waals surface area contributed by atoms with Crippen LogP contribution in [0.25, 0.3) is 0 Å². The van der Waals surface area contributed by atoms with Crippen molar-refractivity contribution >= 4 is 0 Å². The Morgan fingerprint density at radius 3 is 2.67 bits per heavy atom. The average Bonchev–Trinajstić information content (AvgIpc) is 3.16. The third-order valence-electron chi connectivity index (χ3n) is 11.6. The van der Waals surface area contributed by atoms with Crippen molar-refractivity contribution in [3.63, 3.8) is 0 Å². The van der Waals surface area contributed by atoms with E-state index >= 15 is 0 Å². The van der Waals surface area contributed by atoms with E-state index in [9.17, 15) is 5.11 Å². The Morgan fingerprint density at radius 1 is 1.07 bits per heavy atom. The van der Waals surface area contributed by atoms with E-state index in [-0.39, 0.29) is 11.8 Å². The minimum Gasteiger partial charge on any atom is -0.393 e. The summed E-state index contributed by atoms with van der Waals surface area (Å²) in [7, 11) is 0. The zero-order chi connectivity index (χ0) is 20.9. The van der Waals surface area contributed by atoms with Crippen LogP contribution in [-0.2, 0) is 4.74 Å². The molecule has 3 heteroatoms. The molecule has 2 heterocycles. The van der Waals surface area contributed by atoms with Crippen molar-refractivity contribution in [2.45, 2.75) is 103 Å². The zero-order valence-electron chi connectivity index (χ0n) is 19.6. The Bertz CT molecular complexity index is 739. The summed E-state index contributed by atoms with van der Waals surface area (Å²) in [6, 6.07) is 0. The highest BCUT2D eigenvalue weighted by Crippen LogP contribution is 2.70. The van der Waals surface area contributed by atoms with Gasteiger partial charge in [-0.25, -0.2) is 0 Å². The molecule has 0 aromatic rings. The average molecular weight is 414 g/mol. The molecule has 0 amide bonds. The highest BCUT2D eigenvalue weighted by molar-refractivity contribution is 5.26. The molecule has 3 saturated carbocycles. The molecule has 4 aliphatic carbocycles. The van der Waals surface area contributed by atoms with Crippen LogP contribution in [0.1, 0.15) is 85.5 Å². The SMILES string of the molecule is C[C@H]1CC[C@]2(NC1)O[C@H]1C[C@H]3[C@H]4CC=C5C[C@@H](O)CC[C@]5(C)[C@@H]4CC[C@]3(C)[C@H]1[C@@H]2C.